The van der Waals surface area contributed by atoms with Crippen LogP contribution in [0.3, 0.4) is 0 Å². The van der Waals surface area contributed by atoms with Crippen LogP contribution in [0.4, 0.5) is 5.13 Å². The zero-order valence-electron chi connectivity index (χ0n) is 11.2. The monoisotopic (exact) mass is 284 g/mol. The number of hydrogen-bond donors (Lipinski definition) is 1. The Hall–Kier alpha value is -0.550. The molecule has 1 heterocycles. The van der Waals surface area contributed by atoms with Crippen molar-refractivity contribution in [1.82, 2.24) is 4.98 Å². The Morgan fingerprint density at radius 2 is 2.11 bits per heavy atom. The minimum absolute atomic E-state index is 0.0565. The lowest BCUT2D eigenvalue weighted by Crippen LogP contribution is -2.18. The van der Waals surface area contributed by atoms with Crippen molar-refractivity contribution in [2.45, 2.75) is 51.2 Å². The number of thioether (sulfide) groups is 1. The van der Waals surface area contributed by atoms with Crippen molar-refractivity contribution in [3.63, 3.8) is 0 Å². The summed E-state index contributed by atoms with van der Waals surface area (Å²) >= 11 is 3.31. The van der Waals surface area contributed by atoms with E-state index in [9.17, 15) is 4.79 Å². The molecule has 0 saturated carbocycles. The molecule has 0 aliphatic heterocycles. The van der Waals surface area contributed by atoms with Gasteiger partial charge in [0.1, 0.15) is 0 Å². The van der Waals surface area contributed by atoms with Crippen LogP contribution in [0.5, 0.6) is 0 Å². The highest BCUT2D eigenvalue weighted by Crippen LogP contribution is 2.30. The third-order valence-corrected chi connectivity index (χ3v) is 5.07. The zero-order chi connectivity index (χ0) is 13.2. The van der Waals surface area contributed by atoms with Gasteiger partial charge in [0.15, 0.2) is 5.13 Å². The molecule has 0 bridgehead atoms. The number of rotatable bonds is 3. The lowest BCUT2D eigenvalue weighted by atomic mass is 10.0. The van der Waals surface area contributed by atoms with Gasteiger partial charge in [0.05, 0.1) is 11.4 Å². The van der Waals surface area contributed by atoms with Gasteiger partial charge in [-0.05, 0) is 25.7 Å². The van der Waals surface area contributed by atoms with Crippen molar-refractivity contribution < 1.29 is 4.79 Å². The van der Waals surface area contributed by atoms with Gasteiger partial charge in [0.25, 0.3) is 0 Å². The molecule has 5 heteroatoms. The van der Waals surface area contributed by atoms with Gasteiger partial charge < -0.3 is 5.32 Å². The predicted molar refractivity (Wildman–Crippen MR) is 79.6 cm³/mol. The van der Waals surface area contributed by atoms with E-state index in [1.54, 1.807) is 23.1 Å². The Morgan fingerprint density at radius 3 is 2.78 bits per heavy atom. The second-order valence-electron chi connectivity index (χ2n) is 5.55. The number of nitrogens with one attached hydrogen (secondary N) is 1. The van der Waals surface area contributed by atoms with Gasteiger partial charge in [-0.1, -0.05) is 20.8 Å². The molecule has 0 aromatic carbocycles. The van der Waals surface area contributed by atoms with Crippen LogP contribution < -0.4 is 5.32 Å². The van der Waals surface area contributed by atoms with Crippen LogP contribution in [-0.2, 0) is 17.6 Å². The first kappa shape index (κ1) is 13.9. The summed E-state index contributed by atoms with van der Waals surface area (Å²) in [6.45, 7) is 6.35. The van der Waals surface area contributed by atoms with E-state index in [0.717, 1.165) is 18.0 Å². The maximum atomic E-state index is 11.8. The molecule has 2 rings (SSSR count). The third-order valence-electron chi connectivity index (χ3n) is 2.73. The largest absolute Gasteiger partial charge is 0.301 e. The number of carbonyl (C=O) groups excluding carboxylic acids is 1. The summed E-state index contributed by atoms with van der Waals surface area (Å²) in [5.74, 6) is 0.550. The minimum atomic E-state index is 0.0565. The first-order valence-corrected chi connectivity index (χ1v) is 8.17. The van der Waals surface area contributed by atoms with Crippen LogP contribution >= 0.6 is 23.1 Å². The van der Waals surface area contributed by atoms with Gasteiger partial charge in [-0.15, -0.1) is 23.1 Å². The van der Waals surface area contributed by atoms with Gasteiger partial charge in [0, 0.05) is 9.62 Å². The quantitative estimate of drug-likeness (QED) is 0.924. The fraction of sp³-hybridized carbons (Fsp3) is 0.692. The molecule has 1 amide bonds. The van der Waals surface area contributed by atoms with E-state index in [4.69, 9.17) is 0 Å². The number of carbonyl (C=O) groups is 1. The van der Waals surface area contributed by atoms with Crippen LogP contribution in [0.1, 0.15) is 44.2 Å². The smallest absolute Gasteiger partial charge is 0.236 e. The van der Waals surface area contributed by atoms with Gasteiger partial charge in [-0.2, -0.15) is 0 Å². The van der Waals surface area contributed by atoms with Gasteiger partial charge in [0.2, 0.25) is 5.91 Å². The summed E-state index contributed by atoms with van der Waals surface area (Å²) in [5.41, 5.74) is 1.20. The normalized spacial score (nSPS) is 15.3. The molecule has 0 fully saturated rings. The molecular weight excluding hydrogens is 264 g/mol. The lowest BCUT2D eigenvalue weighted by molar-refractivity contribution is -0.113. The summed E-state index contributed by atoms with van der Waals surface area (Å²) in [4.78, 5) is 17.7. The Bertz CT molecular complexity index is 411. The molecule has 1 aliphatic rings. The van der Waals surface area contributed by atoms with Crippen molar-refractivity contribution >= 4 is 34.1 Å². The van der Waals surface area contributed by atoms with E-state index in [-0.39, 0.29) is 10.7 Å². The minimum Gasteiger partial charge on any atom is -0.301 e. The molecule has 3 nitrogen and oxygen atoms in total. The van der Waals surface area contributed by atoms with E-state index >= 15 is 0 Å². The van der Waals surface area contributed by atoms with Crippen molar-refractivity contribution in [2.75, 3.05) is 11.1 Å². The first-order valence-electron chi connectivity index (χ1n) is 6.36. The number of aromatic nitrogens is 1. The number of amides is 1. The Balaban J connectivity index is 1.89. The molecule has 18 heavy (non-hydrogen) atoms. The molecular formula is C13H20N2OS2. The Morgan fingerprint density at radius 1 is 1.39 bits per heavy atom. The highest BCUT2D eigenvalue weighted by Gasteiger charge is 2.17. The molecule has 0 unspecified atom stereocenters. The van der Waals surface area contributed by atoms with Gasteiger partial charge in [-0.25, -0.2) is 4.98 Å². The fourth-order valence-corrected chi connectivity index (χ4v) is 3.55. The zero-order valence-corrected chi connectivity index (χ0v) is 12.8. The molecule has 1 aromatic heterocycles. The number of fused-ring (bicyclic) bond motifs is 1. The topological polar surface area (TPSA) is 42.0 Å². The SMILES string of the molecule is CC(C)(C)SCC(=O)Nc1nc2c(s1)CCCC2. The van der Waals surface area contributed by atoms with Crippen LogP contribution in [0.25, 0.3) is 0 Å². The molecule has 0 spiro atoms. The standard InChI is InChI=1S/C13H20N2OS2/c1-13(2,3)17-8-11(16)15-12-14-9-6-4-5-7-10(9)18-12/h4-8H2,1-3H3,(H,14,15,16). The predicted octanol–water partition coefficient (Wildman–Crippen LogP) is 3.49. The maximum Gasteiger partial charge on any atom is 0.236 e. The number of thiazole rings is 1. The van der Waals surface area contributed by atoms with Crippen LogP contribution in [0.15, 0.2) is 0 Å². The van der Waals surface area contributed by atoms with Gasteiger partial charge >= 0.3 is 0 Å². The number of hydrogen-bond acceptors (Lipinski definition) is 4. The molecule has 0 radical (unpaired) electrons. The third kappa shape index (κ3) is 3.99. The molecule has 0 saturated heterocycles. The lowest BCUT2D eigenvalue weighted by Gasteiger charge is -2.16. The summed E-state index contributed by atoms with van der Waals surface area (Å²) in [5, 5.41) is 3.70. The average Bonchev–Trinajstić information content (AvgIpc) is 2.67. The van der Waals surface area contributed by atoms with E-state index in [1.165, 1.54) is 23.4 Å². The average molecular weight is 284 g/mol. The number of anilines is 1. The summed E-state index contributed by atoms with van der Waals surface area (Å²) in [6.07, 6.45) is 4.67. The van der Waals surface area contributed by atoms with E-state index in [0.29, 0.717) is 5.75 Å². The highest BCUT2D eigenvalue weighted by molar-refractivity contribution is 8.01. The molecule has 0 atom stereocenters. The number of aryl methyl sites for hydroxylation is 2. The molecule has 1 aromatic rings. The second-order valence-corrected chi connectivity index (χ2v) is 8.43. The van der Waals surface area contributed by atoms with Crippen molar-refractivity contribution in [2.24, 2.45) is 0 Å². The van der Waals surface area contributed by atoms with E-state index < -0.39 is 0 Å². The second kappa shape index (κ2) is 5.61. The van der Waals surface area contributed by atoms with E-state index in [2.05, 4.69) is 31.1 Å². The molecule has 100 valence electrons. The summed E-state index contributed by atoms with van der Waals surface area (Å²) in [6, 6.07) is 0. The maximum absolute atomic E-state index is 11.8. The van der Waals surface area contributed by atoms with Crippen molar-refractivity contribution in [3.8, 4) is 0 Å². The molecule has 1 aliphatic carbocycles. The van der Waals surface area contributed by atoms with Crippen LogP contribution in [-0.4, -0.2) is 21.4 Å². The Kier molecular flexibility index (Phi) is 4.33. The first-order chi connectivity index (χ1) is 8.44. The highest BCUT2D eigenvalue weighted by atomic mass is 32.2. The van der Waals surface area contributed by atoms with Crippen LogP contribution in [0.2, 0.25) is 0 Å². The van der Waals surface area contributed by atoms with Gasteiger partial charge in [-0.3, -0.25) is 4.79 Å². The number of nitrogens with zero attached hydrogens (tertiary/aromatic N) is 1. The summed E-state index contributed by atoms with van der Waals surface area (Å²) in [7, 11) is 0. The van der Waals surface area contributed by atoms with E-state index in [1.807, 2.05) is 0 Å². The molecule has 1 N–H and O–H groups in total. The van der Waals surface area contributed by atoms with Crippen LogP contribution in [0, 0.1) is 0 Å². The van der Waals surface area contributed by atoms with Crippen molar-refractivity contribution in [3.05, 3.63) is 10.6 Å². The Labute approximate surface area is 117 Å². The van der Waals surface area contributed by atoms with Crippen molar-refractivity contribution in [1.29, 1.82) is 0 Å². The summed E-state index contributed by atoms with van der Waals surface area (Å²) < 4.78 is 0.124. The fourth-order valence-electron chi connectivity index (χ4n) is 1.84.